The van der Waals surface area contributed by atoms with Crippen LogP contribution < -0.4 is 14.8 Å². The second-order valence-corrected chi connectivity index (χ2v) is 5.63. The van der Waals surface area contributed by atoms with Crippen molar-refractivity contribution in [1.29, 1.82) is 0 Å². The summed E-state index contributed by atoms with van der Waals surface area (Å²) in [6, 6.07) is 7.83. The molecule has 0 saturated carbocycles. The second-order valence-electron chi connectivity index (χ2n) is 5.63. The number of nitrogens with one attached hydrogen (secondary N) is 1. The molecule has 1 N–H and O–H groups in total. The van der Waals surface area contributed by atoms with Gasteiger partial charge in [0.2, 0.25) is 0 Å². The molecule has 0 saturated heterocycles. The highest BCUT2D eigenvalue weighted by atomic mass is 16.5. The Labute approximate surface area is 129 Å². The number of rotatable bonds is 11. The third-order valence-electron chi connectivity index (χ3n) is 3.10. The Bertz CT molecular complexity index is 383. The van der Waals surface area contributed by atoms with Crippen molar-refractivity contribution in [2.75, 3.05) is 46.4 Å². The normalized spacial score (nSPS) is 11.1. The molecule has 0 aliphatic heterocycles. The van der Waals surface area contributed by atoms with E-state index >= 15 is 0 Å². The maximum absolute atomic E-state index is 5.82. The topological polar surface area (TPSA) is 33.7 Å². The van der Waals surface area contributed by atoms with E-state index in [4.69, 9.17) is 9.47 Å². The van der Waals surface area contributed by atoms with Crippen LogP contribution in [0.5, 0.6) is 11.5 Å². The first-order valence-electron chi connectivity index (χ1n) is 7.87. The fraction of sp³-hybridized carbons (Fsp3) is 0.647. The molecule has 4 heteroatoms. The van der Waals surface area contributed by atoms with Gasteiger partial charge in [-0.15, -0.1) is 0 Å². The molecule has 0 bridgehead atoms. The van der Waals surface area contributed by atoms with Gasteiger partial charge in [-0.3, -0.25) is 0 Å². The molecule has 0 radical (unpaired) electrons. The predicted molar refractivity (Wildman–Crippen MR) is 88.3 cm³/mol. The van der Waals surface area contributed by atoms with E-state index in [0.29, 0.717) is 19.1 Å². The average molecular weight is 294 g/mol. The summed E-state index contributed by atoms with van der Waals surface area (Å²) in [4.78, 5) is 2.27. The molecule has 4 nitrogen and oxygen atoms in total. The van der Waals surface area contributed by atoms with Gasteiger partial charge in [0.15, 0.2) is 11.5 Å². The lowest BCUT2D eigenvalue weighted by Crippen LogP contribution is -2.33. The Balaban J connectivity index is 2.20. The minimum Gasteiger partial charge on any atom is -0.490 e. The fourth-order valence-electron chi connectivity index (χ4n) is 1.93. The van der Waals surface area contributed by atoms with Gasteiger partial charge >= 0.3 is 0 Å². The highest BCUT2D eigenvalue weighted by Crippen LogP contribution is 2.26. The highest BCUT2D eigenvalue weighted by molar-refractivity contribution is 5.39. The van der Waals surface area contributed by atoms with Crippen molar-refractivity contribution in [3.8, 4) is 11.5 Å². The van der Waals surface area contributed by atoms with Crippen molar-refractivity contribution in [2.45, 2.75) is 20.8 Å². The van der Waals surface area contributed by atoms with Crippen LogP contribution >= 0.6 is 0 Å². The number of benzene rings is 1. The molecule has 1 aromatic rings. The van der Waals surface area contributed by atoms with Crippen LogP contribution in [0.25, 0.3) is 0 Å². The Kier molecular flexibility index (Phi) is 8.87. The van der Waals surface area contributed by atoms with Gasteiger partial charge in [0.05, 0.1) is 6.61 Å². The van der Waals surface area contributed by atoms with Gasteiger partial charge in [-0.05, 0) is 38.6 Å². The van der Waals surface area contributed by atoms with E-state index in [1.54, 1.807) is 0 Å². The second kappa shape index (κ2) is 10.5. The number of nitrogens with zero attached hydrogens (tertiary/aromatic N) is 1. The van der Waals surface area contributed by atoms with Crippen molar-refractivity contribution in [3.05, 3.63) is 24.3 Å². The van der Waals surface area contributed by atoms with Gasteiger partial charge < -0.3 is 19.7 Å². The van der Waals surface area contributed by atoms with E-state index in [1.807, 2.05) is 31.2 Å². The number of likely N-dealkylation sites (N-methyl/N-ethyl adjacent to an activating group) is 1. The molecule has 120 valence electrons. The quantitative estimate of drug-likeness (QED) is 0.636. The molecule has 0 unspecified atom stereocenters. The van der Waals surface area contributed by atoms with Gasteiger partial charge in [0.1, 0.15) is 6.61 Å². The van der Waals surface area contributed by atoms with Gasteiger partial charge in [-0.1, -0.05) is 26.0 Å². The van der Waals surface area contributed by atoms with E-state index in [-0.39, 0.29) is 0 Å². The maximum atomic E-state index is 5.82. The third kappa shape index (κ3) is 7.93. The average Bonchev–Trinajstić information content (AvgIpc) is 2.45. The zero-order chi connectivity index (χ0) is 15.5. The number of ether oxygens (including phenoxy) is 2. The van der Waals surface area contributed by atoms with Gasteiger partial charge in [0.25, 0.3) is 0 Å². The molecule has 0 atom stereocenters. The number of hydrogen-bond donors (Lipinski definition) is 1. The molecule has 0 aliphatic rings. The van der Waals surface area contributed by atoms with Crippen molar-refractivity contribution in [2.24, 2.45) is 5.92 Å². The molecule has 1 rings (SSSR count). The van der Waals surface area contributed by atoms with Crippen LogP contribution in [-0.4, -0.2) is 51.3 Å². The highest BCUT2D eigenvalue weighted by Gasteiger charge is 2.04. The van der Waals surface area contributed by atoms with E-state index in [2.05, 4.69) is 31.1 Å². The van der Waals surface area contributed by atoms with Crippen molar-refractivity contribution >= 4 is 0 Å². The van der Waals surface area contributed by atoms with E-state index in [1.165, 1.54) is 0 Å². The van der Waals surface area contributed by atoms with Crippen LogP contribution in [0.1, 0.15) is 20.8 Å². The Morgan fingerprint density at radius 3 is 2.38 bits per heavy atom. The first-order chi connectivity index (χ1) is 10.1. The lowest BCUT2D eigenvalue weighted by molar-refractivity contribution is 0.226. The minimum absolute atomic E-state index is 0.655. The Morgan fingerprint density at radius 2 is 1.76 bits per heavy atom. The molecule has 0 fully saturated rings. The zero-order valence-corrected chi connectivity index (χ0v) is 13.9. The smallest absolute Gasteiger partial charge is 0.161 e. The molecule has 1 aromatic carbocycles. The van der Waals surface area contributed by atoms with Crippen molar-refractivity contribution < 1.29 is 9.47 Å². The van der Waals surface area contributed by atoms with Gasteiger partial charge in [0, 0.05) is 19.6 Å². The molecule has 0 spiro atoms. The molecule has 0 amide bonds. The first-order valence-corrected chi connectivity index (χ1v) is 7.87. The largest absolute Gasteiger partial charge is 0.490 e. The monoisotopic (exact) mass is 294 g/mol. The van der Waals surface area contributed by atoms with Crippen LogP contribution in [0.4, 0.5) is 0 Å². The Morgan fingerprint density at radius 1 is 1.10 bits per heavy atom. The minimum atomic E-state index is 0.655. The molecular formula is C17H30N2O2. The fourth-order valence-corrected chi connectivity index (χ4v) is 1.93. The third-order valence-corrected chi connectivity index (χ3v) is 3.10. The van der Waals surface area contributed by atoms with E-state index in [0.717, 1.165) is 37.7 Å². The summed E-state index contributed by atoms with van der Waals surface area (Å²) in [6.07, 6.45) is 0. The Hall–Kier alpha value is -1.26. The SMILES string of the molecule is CCOc1ccccc1OCCN(C)CCNCC(C)C. The number of hydrogen-bond acceptors (Lipinski definition) is 4. The zero-order valence-electron chi connectivity index (χ0n) is 13.9. The molecule has 21 heavy (non-hydrogen) atoms. The van der Waals surface area contributed by atoms with Crippen molar-refractivity contribution in [3.63, 3.8) is 0 Å². The molecule has 0 heterocycles. The molecule has 0 aliphatic carbocycles. The summed E-state index contributed by atoms with van der Waals surface area (Å²) < 4.78 is 11.4. The van der Waals surface area contributed by atoms with E-state index in [9.17, 15) is 0 Å². The summed E-state index contributed by atoms with van der Waals surface area (Å²) in [5, 5.41) is 3.45. The van der Waals surface area contributed by atoms with Gasteiger partial charge in [-0.25, -0.2) is 0 Å². The summed E-state index contributed by atoms with van der Waals surface area (Å²) in [7, 11) is 2.12. The van der Waals surface area contributed by atoms with Crippen molar-refractivity contribution in [1.82, 2.24) is 10.2 Å². The first kappa shape index (κ1) is 17.8. The standard InChI is InChI=1S/C17H30N2O2/c1-5-20-16-8-6-7-9-17(16)21-13-12-19(4)11-10-18-14-15(2)3/h6-9,15,18H,5,10-14H2,1-4H3. The van der Waals surface area contributed by atoms with Gasteiger partial charge in [-0.2, -0.15) is 0 Å². The summed E-state index contributed by atoms with van der Waals surface area (Å²) in [5.74, 6) is 2.35. The lowest BCUT2D eigenvalue weighted by atomic mass is 10.2. The maximum Gasteiger partial charge on any atom is 0.161 e. The molecule has 0 aromatic heterocycles. The number of para-hydroxylation sites is 2. The lowest BCUT2D eigenvalue weighted by Gasteiger charge is -2.18. The van der Waals surface area contributed by atoms with E-state index < -0.39 is 0 Å². The predicted octanol–water partition coefficient (Wildman–Crippen LogP) is 2.64. The summed E-state index contributed by atoms with van der Waals surface area (Å²) >= 11 is 0. The van der Waals surface area contributed by atoms with Crippen LogP contribution in [-0.2, 0) is 0 Å². The summed E-state index contributed by atoms with van der Waals surface area (Å²) in [5.41, 5.74) is 0. The molecular weight excluding hydrogens is 264 g/mol. The van der Waals surface area contributed by atoms with Crippen LogP contribution in [0.15, 0.2) is 24.3 Å². The van der Waals surface area contributed by atoms with Crippen LogP contribution in [0.3, 0.4) is 0 Å². The van der Waals surface area contributed by atoms with Crippen LogP contribution in [0.2, 0.25) is 0 Å². The summed E-state index contributed by atoms with van der Waals surface area (Å²) in [6.45, 7) is 11.8. The van der Waals surface area contributed by atoms with Crippen LogP contribution in [0, 0.1) is 5.92 Å².